The molecule has 6 aliphatic heterocycles. The van der Waals surface area contributed by atoms with Crippen molar-refractivity contribution in [1.82, 2.24) is 39.5 Å². The number of fused-ring (bicyclic) bond motifs is 4. The van der Waals surface area contributed by atoms with E-state index >= 15 is 0 Å². The third-order valence-electron chi connectivity index (χ3n) is 18.5. The Balaban J connectivity index is 0.819. The van der Waals surface area contributed by atoms with Crippen LogP contribution in [-0.2, 0) is 40.3 Å². The van der Waals surface area contributed by atoms with E-state index in [1.165, 1.54) is 9.80 Å². The molecule has 0 radical (unpaired) electrons. The van der Waals surface area contributed by atoms with Crippen LogP contribution in [0.3, 0.4) is 0 Å². The van der Waals surface area contributed by atoms with Gasteiger partial charge in [0, 0.05) is 124 Å². The summed E-state index contributed by atoms with van der Waals surface area (Å²) in [6, 6.07) is 26.3. The van der Waals surface area contributed by atoms with E-state index in [4.69, 9.17) is 57.3 Å². The summed E-state index contributed by atoms with van der Waals surface area (Å²) >= 11 is 14.1. The number of carbonyl (C=O) groups excluding carboxylic acids is 2. The molecule has 8 heterocycles. The Labute approximate surface area is 520 Å². The quantitative estimate of drug-likeness (QED) is 0.0835. The number of amides is 2. The van der Waals surface area contributed by atoms with Crippen molar-refractivity contribution >= 4 is 79.6 Å². The molecule has 0 bridgehead atoms. The second kappa shape index (κ2) is 25.7. The van der Waals surface area contributed by atoms with E-state index in [0.717, 1.165) is 86.9 Å². The molecule has 0 N–H and O–H groups in total. The average molecular weight is 1240 g/mol. The fraction of sp³-hybridized carbons (Fsp3) is 0.446. The van der Waals surface area contributed by atoms with Crippen LogP contribution in [0, 0.1) is 28.6 Å². The molecule has 4 aromatic carbocycles. The van der Waals surface area contributed by atoms with Crippen LogP contribution in [0.4, 0.5) is 31.8 Å². The van der Waals surface area contributed by atoms with Crippen LogP contribution >= 0.6 is 23.2 Å². The Morgan fingerprint density at radius 1 is 0.625 bits per heavy atom. The molecule has 4 saturated heterocycles. The Morgan fingerprint density at radius 2 is 1.16 bits per heavy atom. The van der Waals surface area contributed by atoms with Crippen LogP contribution in [0.1, 0.15) is 59.8 Å². The maximum Gasteiger partial charge on any atom is 0.318 e. The SMILES string of the molecule is C=C(F)C(=O)N1CCN(c2nc(OC[C@@H]3CC(c4cc(N5CCc6c(nc(OC[C@H]7C[C@@H](OC)CN7C)nc6N6CCN(C(=O)C(=C)F)[C@@H](CC#N)C6)C5)c5c(Cl)cccc5c4)N(C)C3)nc3c2CCN(c2cccc4cccc(Cl)c24)C3)C[C@@H]1CC#N. The second-order valence-electron chi connectivity index (χ2n) is 23.9. The average Bonchev–Trinajstić information content (AvgIpc) is 2.44. The third kappa shape index (κ3) is 12.1. The van der Waals surface area contributed by atoms with E-state index in [-0.39, 0.29) is 75.1 Å². The molecule has 0 aliphatic carbocycles. The van der Waals surface area contributed by atoms with E-state index in [9.17, 15) is 28.9 Å². The number of benzene rings is 4. The minimum atomic E-state index is -1.06. The van der Waals surface area contributed by atoms with E-state index < -0.39 is 35.6 Å². The van der Waals surface area contributed by atoms with Gasteiger partial charge in [-0.25, -0.2) is 8.78 Å². The van der Waals surface area contributed by atoms with Crippen molar-refractivity contribution in [3.63, 3.8) is 0 Å². The van der Waals surface area contributed by atoms with Gasteiger partial charge in [0.2, 0.25) is 0 Å². The van der Waals surface area contributed by atoms with Gasteiger partial charge in [0.15, 0.2) is 11.7 Å². The number of piperazine rings is 2. The standard InChI is InChI=1S/C65H70Cl2F2N14O5/c1-39(68)62(84)82-25-23-80(32-45(82)15-19-70)60-49-17-21-78(55-14-8-10-42-9-6-12-51(66)58(42)55)35-53(49)72-64(74-60)87-37-41-27-56(77(4)31-41)44-28-43-11-7-13-52(67)59(43)57(29-44)79-22-18-50-54(36-79)73-65(88-38-47-30-48(86-5)34-76(47)3)75-61(50)81-24-26-83(63(85)40(2)69)46(33-81)16-20-71/h6-14,28-29,41,45-48,56H,1-2,15-18,21-27,30-38H2,3-5H3/t41-,45+,46+,47-,48-,56?/m1/s1. The molecular formula is C65H70Cl2F2N14O5. The van der Waals surface area contributed by atoms with Crippen LogP contribution in [0.5, 0.6) is 12.0 Å². The number of likely N-dealkylation sites (tertiary alicyclic amines) is 2. The summed E-state index contributed by atoms with van der Waals surface area (Å²) in [5.41, 5.74) is 6.58. The lowest BCUT2D eigenvalue weighted by atomic mass is 9.95. The molecule has 2 amide bonds. The van der Waals surface area contributed by atoms with Crippen LogP contribution in [0.25, 0.3) is 21.5 Å². The number of ether oxygens (including phenoxy) is 3. The number of carbonyl (C=O) groups is 2. The number of methoxy groups -OCH3 is 1. The van der Waals surface area contributed by atoms with Gasteiger partial charge in [-0.2, -0.15) is 30.5 Å². The first-order valence-electron chi connectivity index (χ1n) is 30.0. The smallest absolute Gasteiger partial charge is 0.318 e. The first-order chi connectivity index (χ1) is 42.6. The van der Waals surface area contributed by atoms with Gasteiger partial charge in [-0.3, -0.25) is 19.4 Å². The zero-order valence-corrected chi connectivity index (χ0v) is 51.2. The van der Waals surface area contributed by atoms with Crippen molar-refractivity contribution in [2.75, 3.05) is 119 Å². The summed E-state index contributed by atoms with van der Waals surface area (Å²) < 4.78 is 47.5. The maximum atomic E-state index is 14.3. The van der Waals surface area contributed by atoms with Crippen LogP contribution < -0.4 is 29.1 Å². The number of rotatable bonds is 16. The highest BCUT2D eigenvalue weighted by atomic mass is 35.5. The van der Waals surface area contributed by atoms with Gasteiger partial charge in [-0.1, -0.05) is 72.8 Å². The van der Waals surface area contributed by atoms with Crippen molar-refractivity contribution in [3.8, 4) is 24.2 Å². The van der Waals surface area contributed by atoms with Gasteiger partial charge in [0.25, 0.3) is 11.8 Å². The normalized spacial score (nSPS) is 22.4. The van der Waals surface area contributed by atoms with Crippen LogP contribution in [-0.4, -0.2) is 175 Å². The van der Waals surface area contributed by atoms with Crippen LogP contribution in [0.15, 0.2) is 91.5 Å². The number of hydrogen-bond acceptors (Lipinski definition) is 17. The Hall–Kier alpha value is -7.92. The van der Waals surface area contributed by atoms with E-state index in [1.807, 2.05) is 30.3 Å². The minimum absolute atomic E-state index is 0.00667. The summed E-state index contributed by atoms with van der Waals surface area (Å²) in [6.45, 7) is 12.4. The molecule has 6 aromatic rings. The summed E-state index contributed by atoms with van der Waals surface area (Å²) in [5, 5.41) is 24.9. The third-order valence-corrected chi connectivity index (χ3v) is 19.2. The highest BCUT2D eigenvalue weighted by Crippen LogP contribution is 2.44. The molecular weight excluding hydrogens is 1170 g/mol. The zero-order valence-electron chi connectivity index (χ0n) is 49.7. The van der Waals surface area contributed by atoms with Gasteiger partial charge in [-0.05, 0) is 86.4 Å². The van der Waals surface area contributed by atoms with Crippen molar-refractivity contribution in [2.45, 2.75) is 81.9 Å². The van der Waals surface area contributed by atoms with E-state index in [1.54, 1.807) is 7.11 Å². The van der Waals surface area contributed by atoms with Crippen molar-refractivity contribution < 1.29 is 32.6 Å². The molecule has 4 fully saturated rings. The molecule has 19 nitrogen and oxygen atoms in total. The highest BCUT2D eigenvalue weighted by Gasteiger charge is 2.39. The lowest BCUT2D eigenvalue weighted by molar-refractivity contribution is -0.132. The molecule has 6 atom stereocenters. The topological polar surface area (TPSA) is 187 Å². The summed E-state index contributed by atoms with van der Waals surface area (Å²) in [4.78, 5) is 62.5. The molecule has 0 spiro atoms. The number of aromatic nitrogens is 4. The Morgan fingerprint density at radius 3 is 1.70 bits per heavy atom. The molecule has 88 heavy (non-hydrogen) atoms. The monoisotopic (exact) mass is 1230 g/mol. The number of nitriles is 2. The highest BCUT2D eigenvalue weighted by molar-refractivity contribution is 6.37. The fourth-order valence-electron chi connectivity index (χ4n) is 14.1. The second-order valence-corrected chi connectivity index (χ2v) is 24.8. The van der Waals surface area contributed by atoms with Gasteiger partial charge in [0.1, 0.15) is 18.2 Å². The first kappa shape index (κ1) is 60.4. The van der Waals surface area contributed by atoms with Crippen molar-refractivity contribution in [3.05, 3.63) is 130 Å². The summed E-state index contributed by atoms with van der Waals surface area (Å²) in [5.74, 6) is -2.31. The summed E-state index contributed by atoms with van der Waals surface area (Å²) in [7, 11) is 5.91. The molecule has 1 unspecified atom stereocenters. The van der Waals surface area contributed by atoms with Crippen LogP contribution in [0.2, 0.25) is 10.0 Å². The Kier molecular flexibility index (Phi) is 17.6. The maximum absolute atomic E-state index is 14.3. The molecule has 458 valence electrons. The first-order valence-corrected chi connectivity index (χ1v) is 30.8. The molecule has 2 aromatic heterocycles. The predicted molar refractivity (Wildman–Crippen MR) is 334 cm³/mol. The fourth-order valence-corrected chi connectivity index (χ4v) is 14.6. The lowest BCUT2D eigenvalue weighted by Crippen LogP contribution is -2.55. The molecule has 0 saturated carbocycles. The molecule has 6 aliphatic rings. The number of nitrogens with zero attached hydrogens (tertiary/aromatic N) is 14. The van der Waals surface area contributed by atoms with Gasteiger partial charge >= 0.3 is 12.0 Å². The number of likely N-dealkylation sites (N-methyl/N-ethyl adjacent to an activating group) is 1. The van der Waals surface area contributed by atoms with Crippen molar-refractivity contribution in [2.24, 2.45) is 5.92 Å². The largest absolute Gasteiger partial charge is 0.463 e. The van der Waals surface area contributed by atoms with E-state index in [0.29, 0.717) is 87.0 Å². The summed E-state index contributed by atoms with van der Waals surface area (Å²) in [6.07, 6.45) is 2.85. The Bertz CT molecular complexity index is 3800. The van der Waals surface area contributed by atoms with E-state index in [2.05, 4.69) is 105 Å². The number of hydrogen-bond donors (Lipinski definition) is 0. The number of halogens is 4. The lowest BCUT2D eigenvalue weighted by Gasteiger charge is -2.42. The predicted octanol–water partition coefficient (Wildman–Crippen LogP) is 9.00. The molecule has 12 rings (SSSR count). The van der Waals surface area contributed by atoms with Crippen molar-refractivity contribution in [1.29, 1.82) is 10.5 Å². The van der Waals surface area contributed by atoms with Gasteiger partial charge in [0.05, 0.1) is 84.3 Å². The number of anilines is 4. The molecule has 23 heteroatoms. The zero-order chi connectivity index (χ0) is 61.5. The van der Waals surface area contributed by atoms with Gasteiger partial charge < -0.3 is 43.6 Å². The minimum Gasteiger partial charge on any atom is -0.463 e. The van der Waals surface area contributed by atoms with Gasteiger partial charge in [-0.15, -0.1) is 0 Å².